The van der Waals surface area contributed by atoms with Gasteiger partial charge in [-0.2, -0.15) is 0 Å². The van der Waals surface area contributed by atoms with Crippen LogP contribution in [0, 0.1) is 17.3 Å². The first-order valence-corrected chi connectivity index (χ1v) is 20.6. The smallest absolute Gasteiger partial charge is 0.315 e. The largest absolute Gasteiger partial charge is 0.338 e. The zero-order valence-corrected chi connectivity index (χ0v) is 31.2. The molecule has 4 N–H and O–H groups in total. The summed E-state index contributed by atoms with van der Waals surface area (Å²) in [5.74, 6) is 1.52. The summed E-state index contributed by atoms with van der Waals surface area (Å²) in [7, 11) is 0. The minimum Gasteiger partial charge on any atom is -0.338 e. The summed E-state index contributed by atoms with van der Waals surface area (Å²) in [6.45, 7) is 7.63. The van der Waals surface area contributed by atoms with E-state index in [4.69, 9.17) is 0 Å². The van der Waals surface area contributed by atoms with E-state index in [1.165, 1.54) is 77.3 Å². The molecule has 4 fully saturated rings. The molecule has 4 atom stereocenters. The van der Waals surface area contributed by atoms with Crippen LogP contribution in [0.3, 0.4) is 0 Å². The van der Waals surface area contributed by atoms with E-state index in [-0.39, 0.29) is 29.6 Å². The lowest BCUT2D eigenvalue weighted by Crippen LogP contribution is -2.50. The van der Waals surface area contributed by atoms with Gasteiger partial charge in [-0.05, 0) is 142 Å². The molecular formula is C43H62N6O2. The Morgan fingerprint density at radius 3 is 1.22 bits per heavy atom. The maximum absolute atomic E-state index is 12.8. The first kappa shape index (κ1) is 35.0. The highest BCUT2D eigenvalue weighted by atomic mass is 16.2. The van der Waals surface area contributed by atoms with Crippen LogP contribution in [-0.2, 0) is 0 Å². The summed E-state index contributed by atoms with van der Waals surface area (Å²) in [5, 5.41) is 12.7. The SMILES string of the molecule is CC(C)(CNC(=O)NC1CCC(CCN2C3CCC2c2ccccc23)CC1)CNC(=O)NC1CCC(CCN2C3CCC2c2ccccc23)CC1. The quantitative estimate of drug-likeness (QED) is 0.180. The molecule has 8 nitrogen and oxygen atoms in total. The summed E-state index contributed by atoms with van der Waals surface area (Å²) in [5.41, 5.74) is 6.05. The van der Waals surface area contributed by atoms with Crippen molar-refractivity contribution < 1.29 is 9.59 Å². The molecule has 0 aromatic heterocycles. The van der Waals surface area contributed by atoms with Crippen LogP contribution in [0.1, 0.15) is 150 Å². The third-order valence-corrected chi connectivity index (χ3v) is 13.9. The van der Waals surface area contributed by atoms with Crippen molar-refractivity contribution in [1.29, 1.82) is 0 Å². The Hall–Kier alpha value is -3.10. The molecule has 4 amide bonds. The maximum atomic E-state index is 12.8. The van der Waals surface area contributed by atoms with Crippen molar-refractivity contribution in [3.05, 3.63) is 70.8 Å². The Morgan fingerprint density at radius 1 is 0.549 bits per heavy atom. The molecule has 0 spiro atoms. The van der Waals surface area contributed by atoms with Crippen LogP contribution in [0.15, 0.2) is 48.5 Å². The number of hydrogen-bond donors (Lipinski definition) is 4. The van der Waals surface area contributed by atoms with Gasteiger partial charge in [0.15, 0.2) is 0 Å². The van der Waals surface area contributed by atoms with Gasteiger partial charge < -0.3 is 21.3 Å². The first-order chi connectivity index (χ1) is 24.8. The number of carbonyl (C=O) groups excluding carboxylic acids is 2. The van der Waals surface area contributed by atoms with Crippen LogP contribution in [0.2, 0.25) is 0 Å². The number of amides is 4. The highest BCUT2D eigenvalue weighted by Gasteiger charge is 2.44. The van der Waals surface area contributed by atoms with E-state index in [2.05, 4.69) is 93.4 Å². The van der Waals surface area contributed by atoms with Crippen molar-refractivity contribution in [1.82, 2.24) is 31.1 Å². The lowest BCUT2D eigenvalue weighted by molar-refractivity contribution is 0.184. The van der Waals surface area contributed by atoms with Gasteiger partial charge in [0.05, 0.1) is 0 Å². The topological polar surface area (TPSA) is 88.7 Å². The van der Waals surface area contributed by atoms with Crippen molar-refractivity contribution in [3.8, 4) is 0 Å². The van der Waals surface area contributed by atoms with E-state index >= 15 is 0 Å². The maximum Gasteiger partial charge on any atom is 0.315 e. The van der Waals surface area contributed by atoms with Crippen LogP contribution in [0.5, 0.6) is 0 Å². The number of rotatable bonds is 12. The van der Waals surface area contributed by atoms with Crippen LogP contribution < -0.4 is 21.3 Å². The highest BCUT2D eigenvalue weighted by Crippen LogP contribution is 2.54. The molecule has 2 saturated carbocycles. The van der Waals surface area contributed by atoms with E-state index in [0.29, 0.717) is 37.3 Å². The Morgan fingerprint density at radius 2 is 0.882 bits per heavy atom. The van der Waals surface area contributed by atoms with Gasteiger partial charge >= 0.3 is 12.1 Å². The Kier molecular flexibility index (Phi) is 10.3. The average molecular weight is 695 g/mol. The molecule has 4 bridgehead atoms. The average Bonchev–Trinajstić information content (AvgIpc) is 3.91. The van der Waals surface area contributed by atoms with Crippen molar-refractivity contribution in [2.24, 2.45) is 17.3 Å². The molecule has 276 valence electrons. The molecule has 2 aromatic rings. The number of urea groups is 2. The summed E-state index contributed by atoms with van der Waals surface area (Å²) in [6, 6.07) is 21.0. The fourth-order valence-electron chi connectivity index (χ4n) is 11.0. The van der Waals surface area contributed by atoms with E-state index in [0.717, 1.165) is 37.5 Å². The Labute approximate surface area is 306 Å². The first-order valence-electron chi connectivity index (χ1n) is 20.6. The number of fused-ring (bicyclic) bond motifs is 10. The summed E-state index contributed by atoms with van der Waals surface area (Å²) < 4.78 is 0. The normalized spacial score (nSPS) is 31.3. The Bertz CT molecular complexity index is 1350. The van der Waals surface area contributed by atoms with Gasteiger partial charge in [0.2, 0.25) is 0 Å². The molecule has 6 aliphatic rings. The van der Waals surface area contributed by atoms with Gasteiger partial charge in [-0.25, -0.2) is 9.59 Å². The second-order valence-corrected chi connectivity index (χ2v) is 17.8. The van der Waals surface area contributed by atoms with E-state index in [1.54, 1.807) is 22.3 Å². The number of carbonyl (C=O) groups is 2. The second kappa shape index (κ2) is 15.1. The third kappa shape index (κ3) is 7.69. The monoisotopic (exact) mass is 694 g/mol. The van der Waals surface area contributed by atoms with E-state index in [1.807, 2.05) is 0 Å². The number of nitrogens with one attached hydrogen (secondary N) is 4. The van der Waals surface area contributed by atoms with E-state index < -0.39 is 0 Å². The number of benzene rings is 2. The van der Waals surface area contributed by atoms with Crippen LogP contribution >= 0.6 is 0 Å². The van der Waals surface area contributed by atoms with Gasteiger partial charge in [-0.3, -0.25) is 9.80 Å². The number of nitrogens with zero attached hydrogens (tertiary/aromatic N) is 2. The Balaban J connectivity index is 0.671. The van der Waals surface area contributed by atoms with Crippen molar-refractivity contribution in [2.45, 2.75) is 140 Å². The van der Waals surface area contributed by atoms with Crippen molar-refractivity contribution in [3.63, 3.8) is 0 Å². The molecule has 4 unspecified atom stereocenters. The van der Waals surface area contributed by atoms with Gasteiger partial charge in [-0.1, -0.05) is 62.4 Å². The fourth-order valence-corrected chi connectivity index (χ4v) is 11.0. The molecule has 8 rings (SSSR count). The standard InChI is InChI=1S/C43H62N6O2/c1-43(2,27-44-41(50)46-31-15-11-29(12-16-31)23-25-48-37-19-20-38(48)34-8-4-3-7-33(34)37)28-45-42(51)47-32-17-13-30(14-18-32)24-26-49-39-21-22-40(49)36-10-6-5-9-35(36)39/h3-10,29-32,37-40H,11-28H2,1-2H3,(H2,44,46,50)(H2,45,47,51). The highest BCUT2D eigenvalue weighted by molar-refractivity contribution is 5.75. The summed E-state index contributed by atoms with van der Waals surface area (Å²) >= 11 is 0. The van der Waals surface area contributed by atoms with Gasteiger partial charge in [0.1, 0.15) is 0 Å². The molecule has 0 radical (unpaired) electrons. The lowest BCUT2D eigenvalue weighted by Gasteiger charge is -2.32. The van der Waals surface area contributed by atoms with Gasteiger partial charge in [-0.15, -0.1) is 0 Å². The molecule has 4 heterocycles. The van der Waals surface area contributed by atoms with Gasteiger partial charge in [0, 0.05) is 49.3 Å². The lowest BCUT2D eigenvalue weighted by atomic mass is 9.84. The molecule has 2 saturated heterocycles. The van der Waals surface area contributed by atoms with E-state index in [9.17, 15) is 9.59 Å². The molecular weight excluding hydrogens is 633 g/mol. The molecule has 4 aliphatic heterocycles. The summed E-state index contributed by atoms with van der Waals surface area (Å²) in [4.78, 5) is 31.2. The predicted molar refractivity (Wildman–Crippen MR) is 203 cm³/mol. The van der Waals surface area contributed by atoms with Gasteiger partial charge in [0.25, 0.3) is 0 Å². The zero-order chi connectivity index (χ0) is 35.0. The predicted octanol–water partition coefficient (Wildman–Crippen LogP) is 8.29. The van der Waals surface area contributed by atoms with Crippen molar-refractivity contribution in [2.75, 3.05) is 26.2 Å². The molecule has 51 heavy (non-hydrogen) atoms. The fraction of sp³-hybridized carbons (Fsp3) is 0.674. The minimum absolute atomic E-state index is 0.0823. The molecule has 2 aromatic carbocycles. The van der Waals surface area contributed by atoms with Crippen LogP contribution in [0.4, 0.5) is 9.59 Å². The minimum atomic E-state index is -0.243. The number of hydrogen-bond acceptors (Lipinski definition) is 4. The second-order valence-electron chi connectivity index (χ2n) is 17.8. The van der Waals surface area contributed by atoms with Crippen LogP contribution in [0.25, 0.3) is 0 Å². The molecule has 8 heteroatoms. The zero-order valence-electron chi connectivity index (χ0n) is 31.2. The van der Waals surface area contributed by atoms with Crippen molar-refractivity contribution >= 4 is 12.1 Å². The molecule has 2 aliphatic carbocycles. The summed E-state index contributed by atoms with van der Waals surface area (Å²) in [6.07, 6.45) is 16.8. The van der Waals surface area contributed by atoms with Crippen LogP contribution in [-0.4, -0.2) is 60.1 Å². The third-order valence-electron chi connectivity index (χ3n) is 13.9.